The molecule has 1 rings (SSSR count). The molecule has 1 heterocycles. The summed E-state index contributed by atoms with van der Waals surface area (Å²) in [6.07, 6.45) is 3.50. The van der Waals surface area contributed by atoms with E-state index < -0.39 is 0 Å². The lowest BCUT2D eigenvalue weighted by Crippen LogP contribution is -2.25. The van der Waals surface area contributed by atoms with E-state index in [1.807, 2.05) is 11.6 Å². The van der Waals surface area contributed by atoms with Gasteiger partial charge in [0.25, 0.3) is 5.91 Å². The van der Waals surface area contributed by atoms with Gasteiger partial charge in [0.2, 0.25) is 0 Å². The molecule has 0 aliphatic carbocycles. The average Bonchev–Trinajstić information content (AvgIpc) is 2.67. The maximum Gasteiger partial charge on any atom is 0.254 e. The molecule has 102 valence electrons. The molecule has 0 aliphatic heterocycles. The summed E-state index contributed by atoms with van der Waals surface area (Å²) in [5, 5.41) is 7.14. The highest BCUT2D eigenvalue weighted by molar-refractivity contribution is 5.94. The molecule has 1 aromatic rings. The van der Waals surface area contributed by atoms with Crippen molar-refractivity contribution < 1.29 is 4.79 Å². The number of aryl methyl sites for hydroxylation is 1. The molecule has 0 saturated heterocycles. The van der Waals surface area contributed by atoms with Crippen molar-refractivity contribution in [1.82, 2.24) is 15.1 Å². The first-order chi connectivity index (χ1) is 8.56. The second kappa shape index (κ2) is 7.16. The minimum Gasteiger partial charge on any atom is -0.352 e. The van der Waals surface area contributed by atoms with E-state index in [0.717, 1.165) is 25.1 Å². The van der Waals surface area contributed by atoms with E-state index in [2.05, 4.69) is 24.3 Å². The summed E-state index contributed by atoms with van der Waals surface area (Å²) >= 11 is 0. The Morgan fingerprint density at radius 3 is 2.89 bits per heavy atom. The Balaban J connectivity index is 2.55. The number of nitrogens with two attached hydrogens (primary N) is 1. The van der Waals surface area contributed by atoms with Crippen LogP contribution in [0.2, 0.25) is 0 Å². The van der Waals surface area contributed by atoms with Crippen molar-refractivity contribution in [3.05, 3.63) is 17.5 Å². The lowest BCUT2D eigenvalue weighted by molar-refractivity contribution is 0.0951. The van der Waals surface area contributed by atoms with Gasteiger partial charge in [0, 0.05) is 18.8 Å². The molecule has 0 aromatic carbocycles. The fourth-order valence-corrected chi connectivity index (χ4v) is 1.71. The van der Waals surface area contributed by atoms with Gasteiger partial charge in [0.05, 0.1) is 11.8 Å². The molecule has 18 heavy (non-hydrogen) atoms. The van der Waals surface area contributed by atoms with Crippen molar-refractivity contribution in [2.45, 2.75) is 40.2 Å². The fourth-order valence-electron chi connectivity index (χ4n) is 1.71. The van der Waals surface area contributed by atoms with Crippen LogP contribution in [0.15, 0.2) is 6.20 Å². The zero-order valence-corrected chi connectivity index (χ0v) is 11.6. The van der Waals surface area contributed by atoms with E-state index in [4.69, 9.17) is 5.73 Å². The number of nitrogens with zero attached hydrogens (tertiary/aromatic N) is 2. The number of hydrogen-bond donors (Lipinski definition) is 2. The highest BCUT2D eigenvalue weighted by Gasteiger charge is 2.13. The molecular weight excluding hydrogens is 228 g/mol. The maximum atomic E-state index is 11.9. The molecule has 1 amide bonds. The highest BCUT2D eigenvalue weighted by atomic mass is 16.1. The molecule has 3 N–H and O–H groups in total. The van der Waals surface area contributed by atoms with Gasteiger partial charge in [-0.3, -0.25) is 9.48 Å². The molecule has 0 radical (unpaired) electrons. The van der Waals surface area contributed by atoms with Crippen LogP contribution in [0.1, 0.15) is 42.7 Å². The van der Waals surface area contributed by atoms with Gasteiger partial charge in [-0.25, -0.2) is 0 Å². The molecular formula is C13H24N4O. The van der Waals surface area contributed by atoms with Gasteiger partial charge in [-0.15, -0.1) is 0 Å². The van der Waals surface area contributed by atoms with Crippen LogP contribution in [0, 0.1) is 12.8 Å². The quantitative estimate of drug-likeness (QED) is 0.768. The average molecular weight is 252 g/mol. The third kappa shape index (κ3) is 4.14. The van der Waals surface area contributed by atoms with Crippen LogP contribution in [0.5, 0.6) is 0 Å². The summed E-state index contributed by atoms with van der Waals surface area (Å²) < 4.78 is 1.84. The van der Waals surface area contributed by atoms with Crippen molar-refractivity contribution in [3.8, 4) is 0 Å². The number of carbonyl (C=O) groups excluding carboxylic acids is 1. The summed E-state index contributed by atoms with van der Waals surface area (Å²) in [5.41, 5.74) is 7.04. The standard InChI is InChI=1S/C13H24N4O/c1-10(2)5-7-15-13(18)12-9-16-17(11(12)3)8-4-6-14/h9-10H,4-8,14H2,1-3H3,(H,15,18). The maximum absolute atomic E-state index is 11.9. The molecule has 0 spiro atoms. The number of hydrogen-bond acceptors (Lipinski definition) is 3. The Morgan fingerprint density at radius 2 is 2.28 bits per heavy atom. The largest absolute Gasteiger partial charge is 0.352 e. The first kappa shape index (κ1) is 14.7. The smallest absolute Gasteiger partial charge is 0.254 e. The van der Waals surface area contributed by atoms with E-state index in [0.29, 0.717) is 24.6 Å². The number of nitrogens with one attached hydrogen (secondary N) is 1. The Kier molecular flexibility index (Phi) is 5.85. The van der Waals surface area contributed by atoms with E-state index in [-0.39, 0.29) is 5.91 Å². The molecule has 0 atom stereocenters. The highest BCUT2D eigenvalue weighted by Crippen LogP contribution is 2.08. The van der Waals surface area contributed by atoms with Crippen molar-refractivity contribution in [3.63, 3.8) is 0 Å². The molecule has 1 aromatic heterocycles. The van der Waals surface area contributed by atoms with Crippen LogP contribution >= 0.6 is 0 Å². The molecule has 0 aliphatic rings. The van der Waals surface area contributed by atoms with Crippen molar-refractivity contribution in [2.75, 3.05) is 13.1 Å². The van der Waals surface area contributed by atoms with Gasteiger partial charge in [-0.2, -0.15) is 5.10 Å². The van der Waals surface area contributed by atoms with Crippen LogP contribution < -0.4 is 11.1 Å². The SMILES string of the molecule is Cc1c(C(=O)NCCC(C)C)cnn1CCCN. The van der Waals surface area contributed by atoms with Crippen LogP contribution in [-0.2, 0) is 6.54 Å². The summed E-state index contributed by atoms with van der Waals surface area (Å²) in [6.45, 7) is 8.31. The number of amides is 1. The van der Waals surface area contributed by atoms with Crippen molar-refractivity contribution in [2.24, 2.45) is 11.7 Å². The van der Waals surface area contributed by atoms with Crippen LogP contribution in [-0.4, -0.2) is 28.8 Å². The molecule has 5 heteroatoms. The third-order valence-corrected chi connectivity index (χ3v) is 2.93. The van der Waals surface area contributed by atoms with Crippen LogP contribution in [0.25, 0.3) is 0 Å². The first-order valence-electron chi connectivity index (χ1n) is 6.57. The lowest BCUT2D eigenvalue weighted by atomic mass is 10.1. The van der Waals surface area contributed by atoms with E-state index in [1.165, 1.54) is 0 Å². The van der Waals surface area contributed by atoms with Gasteiger partial charge in [0.15, 0.2) is 0 Å². The minimum atomic E-state index is -0.0350. The van der Waals surface area contributed by atoms with Gasteiger partial charge in [-0.05, 0) is 32.2 Å². The topological polar surface area (TPSA) is 72.9 Å². The summed E-state index contributed by atoms with van der Waals surface area (Å²) in [4.78, 5) is 11.9. The Hall–Kier alpha value is -1.36. The Labute approximate surface area is 109 Å². The van der Waals surface area contributed by atoms with E-state index >= 15 is 0 Å². The minimum absolute atomic E-state index is 0.0350. The second-order valence-electron chi connectivity index (χ2n) is 4.95. The molecule has 0 bridgehead atoms. The van der Waals surface area contributed by atoms with E-state index in [1.54, 1.807) is 6.20 Å². The first-order valence-corrected chi connectivity index (χ1v) is 6.57. The van der Waals surface area contributed by atoms with E-state index in [9.17, 15) is 4.79 Å². The summed E-state index contributed by atoms with van der Waals surface area (Å²) in [7, 11) is 0. The summed E-state index contributed by atoms with van der Waals surface area (Å²) in [6, 6.07) is 0. The van der Waals surface area contributed by atoms with Gasteiger partial charge < -0.3 is 11.1 Å². The van der Waals surface area contributed by atoms with Gasteiger partial charge in [0.1, 0.15) is 0 Å². The zero-order chi connectivity index (χ0) is 13.5. The number of carbonyl (C=O) groups is 1. The molecule has 0 unspecified atom stereocenters. The van der Waals surface area contributed by atoms with Crippen LogP contribution in [0.4, 0.5) is 0 Å². The zero-order valence-electron chi connectivity index (χ0n) is 11.6. The monoisotopic (exact) mass is 252 g/mol. The summed E-state index contributed by atoms with van der Waals surface area (Å²) in [5.74, 6) is 0.561. The lowest BCUT2D eigenvalue weighted by Gasteiger charge is -2.07. The Morgan fingerprint density at radius 1 is 1.56 bits per heavy atom. The van der Waals surface area contributed by atoms with Crippen LogP contribution in [0.3, 0.4) is 0 Å². The second-order valence-corrected chi connectivity index (χ2v) is 4.95. The Bertz CT molecular complexity index is 384. The third-order valence-electron chi connectivity index (χ3n) is 2.93. The predicted molar refractivity (Wildman–Crippen MR) is 72.4 cm³/mol. The van der Waals surface area contributed by atoms with Gasteiger partial charge >= 0.3 is 0 Å². The van der Waals surface area contributed by atoms with Crippen molar-refractivity contribution in [1.29, 1.82) is 0 Å². The van der Waals surface area contributed by atoms with Crippen molar-refractivity contribution >= 4 is 5.91 Å². The number of aromatic nitrogens is 2. The fraction of sp³-hybridized carbons (Fsp3) is 0.692. The molecule has 0 saturated carbocycles. The predicted octanol–water partition coefficient (Wildman–Crippen LogP) is 1.32. The normalized spacial score (nSPS) is 10.9. The molecule has 0 fully saturated rings. The van der Waals surface area contributed by atoms with Gasteiger partial charge in [-0.1, -0.05) is 13.8 Å². The molecule has 5 nitrogen and oxygen atoms in total. The number of rotatable bonds is 7.